The van der Waals surface area contributed by atoms with Gasteiger partial charge in [-0.15, -0.1) is 6.58 Å². The minimum atomic E-state index is -2.12. The maximum atomic E-state index is 12.0. The van der Waals surface area contributed by atoms with E-state index in [1.807, 2.05) is 0 Å². The van der Waals surface area contributed by atoms with Crippen LogP contribution in [-0.2, 0) is 18.6 Å². The standard InChI is InChI=1S/C18H32Cl3NO7Si/c1-7-8-26-15-12(22-16(25)27-10-18(19,20)21)14(24)13(23)11(29-15)9-28-30(5,6)17(2,3)4/h7,11-15,23-24H,1,8-10H2,2-6H3,(H,22,25)/t11-,12-,13-,14-,15-/m1/s1. The van der Waals surface area contributed by atoms with E-state index in [0.717, 1.165) is 0 Å². The summed E-state index contributed by atoms with van der Waals surface area (Å²) in [6, 6.07) is -1.13. The summed E-state index contributed by atoms with van der Waals surface area (Å²) >= 11 is 16.7. The van der Waals surface area contributed by atoms with E-state index in [2.05, 4.69) is 45.8 Å². The van der Waals surface area contributed by atoms with Gasteiger partial charge in [0.15, 0.2) is 14.6 Å². The highest BCUT2D eigenvalue weighted by atomic mass is 35.6. The fraction of sp³-hybridized carbons (Fsp3) is 0.833. The third kappa shape index (κ3) is 8.44. The Morgan fingerprint density at radius 1 is 1.23 bits per heavy atom. The number of rotatable bonds is 8. The number of carbonyl (C=O) groups is 1. The molecule has 1 rings (SSSR count). The summed E-state index contributed by atoms with van der Waals surface area (Å²) in [5.41, 5.74) is 0. The van der Waals surface area contributed by atoms with Crippen LogP contribution in [0.4, 0.5) is 4.79 Å². The first-order valence-electron chi connectivity index (χ1n) is 9.47. The zero-order valence-electron chi connectivity index (χ0n) is 17.9. The highest BCUT2D eigenvalue weighted by molar-refractivity contribution is 6.74. The van der Waals surface area contributed by atoms with Crippen molar-refractivity contribution in [3.63, 3.8) is 0 Å². The first kappa shape index (κ1) is 27.9. The van der Waals surface area contributed by atoms with E-state index < -0.39 is 55.5 Å². The van der Waals surface area contributed by atoms with Gasteiger partial charge in [0.2, 0.25) is 3.79 Å². The SMILES string of the molecule is C=CCO[C@@H]1O[C@H](CO[Si](C)(C)C(C)(C)C)[C@@H](O)[C@H](O)[C@H]1NC(=O)OCC(Cl)(Cl)Cl. The van der Waals surface area contributed by atoms with Gasteiger partial charge in [-0.3, -0.25) is 0 Å². The molecule has 3 N–H and O–H groups in total. The monoisotopic (exact) mass is 507 g/mol. The molecule has 1 aliphatic heterocycles. The second kappa shape index (κ2) is 11.2. The molecule has 8 nitrogen and oxygen atoms in total. The molecule has 1 aliphatic rings. The molecule has 0 aromatic carbocycles. The molecule has 0 aromatic rings. The number of nitrogens with one attached hydrogen (secondary N) is 1. The maximum Gasteiger partial charge on any atom is 0.407 e. The second-order valence-corrected chi connectivity index (χ2v) is 15.9. The average Bonchev–Trinajstić information content (AvgIpc) is 2.60. The number of alkyl carbamates (subject to hydrolysis) is 1. The summed E-state index contributed by atoms with van der Waals surface area (Å²) in [7, 11) is -2.12. The van der Waals surface area contributed by atoms with Crippen molar-refractivity contribution in [3.8, 4) is 0 Å². The van der Waals surface area contributed by atoms with Crippen molar-refractivity contribution in [2.24, 2.45) is 0 Å². The van der Waals surface area contributed by atoms with Crippen molar-refractivity contribution in [1.29, 1.82) is 0 Å². The Labute approximate surface area is 193 Å². The molecule has 0 saturated carbocycles. The number of aliphatic hydroxyl groups excluding tert-OH is 2. The molecule has 0 unspecified atom stereocenters. The van der Waals surface area contributed by atoms with E-state index >= 15 is 0 Å². The van der Waals surface area contributed by atoms with Crippen LogP contribution >= 0.6 is 34.8 Å². The summed E-state index contributed by atoms with van der Waals surface area (Å²) in [6.07, 6.45) is -4.18. The molecular formula is C18H32Cl3NO7Si. The molecule has 1 saturated heterocycles. The van der Waals surface area contributed by atoms with Crippen LogP contribution in [0.25, 0.3) is 0 Å². The lowest BCUT2D eigenvalue weighted by atomic mass is 9.97. The summed E-state index contributed by atoms with van der Waals surface area (Å²) in [6.45, 7) is 13.6. The summed E-state index contributed by atoms with van der Waals surface area (Å²) in [5.74, 6) is 0. The van der Waals surface area contributed by atoms with Gasteiger partial charge in [0, 0.05) is 0 Å². The van der Waals surface area contributed by atoms with Crippen LogP contribution in [0.5, 0.6) is 0 Å². The van der Waals surface area contributed by atoms with Gasteiger partial charge in [-0.05, 0) is 18.1 Å². The van der Waals surface area contributed by atoms with E-state index in [1.54, 1.807) is 0 Å². The third-order valence-corrected chi connectivity index (χ3v) is 9.97. The molecule has 0 aromatic heterocycles. The highest BCUT2D eigenvalue weighted by Crippen LogP contribution is 2.37. The van der Waals surface area contributed by atoms with Crippen molar-refractivity contribution >= 4 is 49.2 Å². The van der Waals surface area contributed by atoms with E-state index in [9.17, 15) is 15.0 Å². The Hall–Kier alpha value is -0.103. The van der Waals surface area contributed by atoms with Gasteiger partial charge in [0.1, 0.15) is 31.0 Å². The van der Waals surface area contributed by atoms with Gasteiger partial charge in [0.25, 0.3) is 0 Å². The van der Waals surface area contributed by atoms with Gasteiger partial charge in [-0.25, -0.2) is 4.79 Å². The Balaban J connectivity index is 2.86. The summed E-state index contributed by atoms with van der Waals surface area (Å²) in [5, 5.41) is 23.5. The first-order valence-corrected chi connectivity index (χ1v) is 13.5. The quantitative estimate of drug-likeness (QED) is 0.263. The second-order valence-electron chi connectivity index (χ2n) is 8.58. The van der Waals surface area contributed by atoms with Gasteiger partial charge < -0.3 is 34.2 Å². The predicted molar refractivity (Wildman–Crippen MR) is 119 cm³/mol. The lowest BCUT2D eigenvalue weighted by Crippen LogP contribution is -2.65. The largest absolute Gasteiger partial charge is 0.445 e. The Morgan fingerprint density at radius 3 is 2.33 bits per heavy atom. The average molecular weight is 509 g/mol. The molecule has 12 heteroatoms. The van der Waals surface area contributed by atoms with Crippen LogP contribution in [0.1, 0.15) is 20.8 Å². The summed E-state index contributed by atoms with van der Waals surface area (Å²) < 4.78 is 20.5. The van der Waals surface area contributed by atoms with E-state index in [4.69, 9.17) is 53.4 Å². The van der Waals surface area contributed by atoms with Crippen molar-refractivity contribution in [3.05, 3.63) is 12.7 Å². The molecule has 0 bridgehead atoms. The smallest absolute Gasteiger partial charge is 0.407 e. The molecule has 30 heavy (non-hydrogen) atoms. The molecule has 5 atom stereocenters. The number of carbonyl (C=O) groups excluding carboxylic acids is 1. The van der Waals surface area contributed by atoms with Crippen LogP contribution < -0.4 is 5.32 Å². The fourth-order valence-electron chi connectivity index (χ4n) is 2.36. The first-order chi connectivity index (χ1) is 13.6. The number of aliphatic hydroxyl groups is 2. The number of amides is 1. The van der Waals surface area contributed by atoms with Crippen molar-refractivity contribution in [2.75, 3.05) is 19.8 Å². The van der Waals surface area contributed by atoms with Gasteiger partial charge in [-0.2, -0.15) is 0 Å². The van der Waals surface area contributed by atoms with Crippen LogP contribution in [-0.4, -0.2) is 78.9 Å². The number of ether oxygens (including phenoxy) is 3. The van der Waals surface area contributed by atoms with Crippen molar-refractivity contribution in [1.82, 2.24) is 5.32 Å². The van der Waals surface area contributed by atoms with E-state index in [1.165, 1.54) is 6.08 Å². The molecule has 0 spiro atoms. The zero-order chi connectivity index (χ0) is 23.3. The van der Waals surface area contributed by atoms with Gasteiger partial charge in [0.05, 0.1) is 13.2 Å². The highest BCUT2D eigenvalue weighted by Gasteiger charge is 2.47. The van der Waals surface area contributed by atoms with Crippen LogP contribution in [0.2, 0.25) is 18.1 Å². The van der Waals surface area contributed by atoms with Crippen LogP contribution in [0.3, 0.4) is 0 Å². The zero-order valence-corrected chi connectivity index (χ0v) is 21.1. The minimum Gasteiger partial charge on any atom is -0.445 e. The van der Waals surface area contributed by atoms with Crippen LogP contribution in [0.15, 0.2) is 12.7 Å². The summed E-state index contributed by atoms with van der Waals surface area (Å²) in [4.78, 5) is 12.0. The van der Waals surface area contributed by atoms with Crippen molar-refractivity contribution in [2.45, 2.75) is 73.3 Å². The Morgan fingerprint density at radius 2 is 1.83 bits per heavy atom. The fourth-order valence-corrected chi connectivity index (χ4v) is 3.54. The third-order valence-electron chi connectivity index (χ3n) is 5.15. The topological polar surface area (TPSA) is 106 Å². The Bertz CT molecular complexity index is 583. The number of halogens is 3. The van der Waals surface area contributed by atoms with Crippen LogP contribution in [0, 0.1) is 0 Å². The van der Waals surface area contributed by atoms with Crippen molar-refractivity contribution < 1.29 is 33.6 Å². The minimum absolute atomic E-state index is 0.0414. The predicted octanol–water partition coefficient (Wildman–Crippen LogP) is 3.12. The normalized spacial score (nSPS) is 28.1. The molecule has 1 amide bonds. The number of hydrogen-bond acceptors (Lipinski definition) is 7. The molecule has 176 valence electrons. The molecule has 0 radical (unpaired) electrons. The lowest BCUT2D eigenvalue weighted by molar-refractivity contribution is -0.265. The molecule has 0 aliphatic carbocycles. The van der Waals surface area contributed by atoms with E-state index in [0.29, 0.717) is 0 Å². The molecular weight excluding hydrogens is 477 g/mol. The van der Waals surface area contributed by atoms with Gasteiger partial charge in [-0.1, -0.05) is 61.7 Å². The number of alkyl halides is 3. The van der Waals surface area contributed by atoms with E-state index in [-0.39, 0.29) is 18.3 Å². The van der Waals surface area contributed by atoms with Gasteiger partial charge >= 0.3 is 6.09 Å². The Kier molecular flexibility index (Phi) is 10.4. The lowest BCUT2D eigenvalue weighted by Gasteiger charge is -2.44. The molecule has 1 heterocycles. The molecule has 1 fully saturated rings. The number of hydrogen-bond donors (Lipinski definition) is 3. The maximum absolute atomic E-state index is 12.0.